The maximum atomic E-state index is 12.5. The highest BCUT2D eigenvalue weighted by Crippen LogP contribution is 2.34. The minimum atomic E-state index is -4.57. The molecule has 0 radical (unpaired) electrons. The molecule has 1 aromatic carbocycles. The third kappa shape index (κ3) is 2.55. The van der Waals surface area contributed by atoms with Gasteiger partial charge in [0.1, 0.15) is 5.58 Å². The van der Waals surface area contributed by atoms with Crippen molar-refractivity contribution in [1.29, 1.82) is 0 Å². The van der Waals surface area contributed by atoms with E-state index in [1.807, 2.05) is 0 Å². The standard InChI is InChI=1S/C12H10F3NO3/c13-12(14,15)10-4-7-3-6(1-2-9(7)19-10)8(5-16)11(17)18/h1-4,8H,5,16H2,(H,17,18). The second-order valence-corrected chi connectivity index (χ2v) is 4.03. The Bertz CT molecular complexity index is 618. The summed E-state index contributed by atoms with van der Waals surface area (Å²) >= 11 is 0. The second-order valence-electron chi connectivity index (χ2n) is 4.03. The van der Waals surface area contributed by atoms with E-state index in [-0.39, 0.29) is 17.5 Å². The molecule has 0 aliphatic heterocycles. The van der Waals surface area contributed by atoms with Crippen LogP contribution in [0.2, 0.25) is 0 Å². The van der Waals surface area contributed by atoms with Crippen LogP contribution in [0.3, 0.4) is 0 Å². The Hall–Kier alpha value is -2.02. The molecule has 102 valence electrons. The highest BCUT2D eigenvalue weighted by atomic mass is 19.4. The predicted octanol–water partition coefficient (Wildman–Crippen LogP) is 2.58. The number of halogens is 3. The number of furan rings is 1. The van der Waals surface area contributed by atoms with Gasteiger partial charge in [0.25, 0.3) is 0 Å². The van der Waals surface area contributed by atoms with E-state index >= 15 is 0 Å². The van der Waals surface area contributed by atoms with Crippen molar-refractivity contribution < 1.29 is 27.5 Å². The second kappa shape index (κ2) is 4.58. The number of benzene rings is 1. The largest absolute Gasteiger partial charge is 0.481 e. The van der Waals surface area contributed by atoms with Crippen LogP contribution < -0.4 is 5.73 Å². The summed E-state index contributed by atoms with van der Waals surface area (Å²) in [7, 11) is 0. The van der Waals surface area contributed by atoms with Gasteiger partial charge >= 0.3 is 12.1 Å². The number of fused-ring (bicyclic) bond motifs is 1. The van der Waals surface area contributed by atoms with Gasteiger partial charge in [-0.1, -0.05) is 6.07 Å². The van der Waals surface area contributed by atoms with Crippen molar-refractivity contribution in [2.24, 2.45) is 5.73 Å². The molecular weight excluding hydrogens is 263 g/mol. The quantitative estimate of drug-likeness (QED) is 0.901. The van der Waals surface area contributed by atoms with E-state index in [1.165, 1.54) is 18.2 Å². The summed E-state index contributed by atoms with van der Waals surface area (Å²) in [6, 6.07) is 4.90. The van der Waals surface area contributed by atoms with Gasteiger partial charge < -0.3 is 15.3 Å². The Morgan fingerprint density at radius 1 is 1.37 bits per heavy atom. The smallest absolute Gasteiger partial charge is 0.449 e. The maximum Gasteiger partial charge on any atom is 0.449 e. The van der Waals surface area contributed by atoms with Crippen LogP contribution in [0, 0.1) is 0 Å². The van der Waals surface area contributed by atoms with E-state index in [9.17, 15) is 18.0 Å². The van der Waals surface area contributed by atoms with Crippen molar-refractivity contribution in [2.75, 3.05) is 6.54 Å². The summed E-state index contributed by atoms with van der Waals surface area (Å²) in [6.07, 6.45) is -4.57. The summed E-state index contributed by atoms with van der Waals surface area (Å²) in [5, 5.41) is 9.15. The molecule has 0 spiro atoms. The van der Waals surface area contributed by atoms with Crippen molar-refractivity contribution in [3.05, 3.63) is 35.6 Å². The molecule has 7 heteroatoms. The minimum Gasteiger partial charge on any atom is -0.481 e. The van der Waals surface area contributed by atoms with Gasteiger partial charge in [-0.2, -0.15) is 13.2 Å². The first-order chi connectivity index (χ1) is 8.82. The molecular formula is C12H10F3NO3. The number of carbonyl (C=O) groups is 1. The van der Waals surface area contributed by atoms with E-state index in [4.69, 9.17) is 10.8 Å². The average molecular weight is 273 g/mol. The van der Waals surface area contributed by atoms with Gasteiger partial charge in [0.15, 0.2) is 0 Å². The van der Waals surface area contributed by atoms with Crippen LogP contribution >= 0.6 is 0 Å². The van der Waals surface area contributed by atoms with Crippen LogP contribution in [0.25, 0.3) is 11.0 Å². The van der Waals surface area contributed by atoms with Crippen molar-refractivity contribution >= 4 is 16.9 Å². The fourth-order valence-corrected chi connectivity index (χ4v) is 1.80. The molecule has 1 atom stereocenters. The Kier molecular flexibility index (Phi) is 3.23. The molecule has 0 saturated carbocycles. The van der Waals surface area contributed by atoms with Crippen molar-refractivity contribution in [3.63, 3.8) is 0 Å². The van der Waals surface area contributed by atoms with Crippen LogP contribution in [0.1, 0.15) is 17.2 Å². The summed E-state index contributed by atoms with van der Waals surface area (Å²) in [6.45, 7) is -0.134. The predicted molar refractivity (Wildman–Crippen MR) is 60.6 cm³/mol. The molecule has 0 fully saturated rings. The molecule has 19 heavy (non-hydrogen) atoms. The molecule has 1 aromatic heterocycles. The van der Waals surface area contributed by atoms with Crippen molar-refractivity contribution in [3.8, 4) is 0 Å². The number of nitrogens with two attached hydrogens (primary N) is 1. The Balaban J connectivity index is 2.49. The number of carboxylic acids is 1. The van der Waals surface area contributed by atoms with Gasteiger partial charge in [-0.05, 0) is 23.8 Å². The molecule has 0 saturated heterocycles. The molecule has 2 rings (SSSR count). The fraction of sp³-hybridized carbons (Fsp3) is 0.250. The van der Waals surface area contributed by atoms with Gasteiger partial charge in [0, 0.05) is 11.9 Å². The van der Waals surface area contributed by atoms with Gasteiger partial charge in [-0.25, -0.2) is 0 Å². The van der Waals surface area contributed by atoms with Gasteiger partial charge in [0.2, 0.25) is 5.76 Å². The normalized spacial score (nSPS) is 13.7. The van der Waals surface area contributed by atoms with E-state index in [0.29, 0.717) is 5.56 Å². The molecule has 0 bridgehead atoms. The SMILES string of the molecule is NCC(C(=O)O)c1ccc2oc(C(F)(F)F)cc2c1. The molecule has 4 nitrogen and oxygen atoms in total. The first-order valence-corrected chi connectivity index (χ1v) is 5.36. The molecule has 1 unspecified atom stereocenters. The summed E-state index contributed by atoms with van der Waals surface area (Å²) in [4.78, 5) is 10.9. The van der Waals surface area contributed by atoms with Gasteiger partial charge in [-0.3, -0.25) is 4.79 Å². The van der Waals surface area contributed by atoms with E-state index < -0.39 is 23.8 Å². The monoisotopic (exact) mass is 273 g/mol. The number of aliphatic carboxylic acids is 1. The lowest BCUT2D eigenvalue weighted by Gasteiger charge is -2.09. The summed E-state index contributed by atoms with van der Waals surface area (Å²) in [5.41, 5.74) is 5.74. The van der Waals surface area contributed by atoms with E-state index in [2.05, 4.69) is 4.42 Å². The van der Waals surface area contributed by atoms with Gasteiger partial charge in [-0.15, -0.1) is 0 Å². The highest BCUT2D eigenvalue weighted by Gasteiger charge is 2.35. The first kappa shape index (κ1) is 13.4. The number of alkyl halides is 3. The maximum absolute atomic E-state index is 12.5. The van der Waals surface area contributed by atoms with E-state index in [0.717, 1.165) is 6.07 Å². The van der Waals surface area contributed by atoms with Crippen LogP contribution in [-0.2, 0) is 11.0 Å². The zero-order chi connectivity index (χ0) is 14.2. The lowest BCUT2D eigenvalue weighted by molar-refractivity contribution is -0.152. The lowest BCUT2D eigenvalue weighted by atomic mass is 9.98. The lowest BCUT2D eigenvalue weighted by Crippen LogP contribution is -2.20. The molecule has 2 aromatic rings. The molecule has 1 heterocycles. The van der Waals surface area contributed by atoms with Gasteiger partial charge in [0.05, 0.1) is 5.92 Å². The molecule has 0 amide bonds. The topological polar surface area (TPSA) is 76.5 Å². The average Bonchev–Trinajstić information content (AvgIpc) is 2.72. The van der Waals surface area contributed by atoms with Crippen LogP contribution in [-0.4, -0.2) is 17.6 Å². The third-order valence-corrected chi connectivity index (χ3v) is 2.76. The number of hydrogen-bond acceptors (Lipinski definition) is 3. The Morgan fingerprint density at radius 3 is 2.58 bits per heavy atom. The highest BCUT2D eigenvalue weighted by molar-refractivity contribution is 5.82. The zero-order valence-corrected chi connectivity index (χ0v) is 9.57. The van der Waals surface area contributed by atoms with E-state index in [1.54, 1.807) is 0 Å². The zero-order valence-electron chi connectivity index (χ0n) is 9.57. The number of rotatable bonds is 3. The van der Waals surface area contributed by atoms with Crippen LogP contribution in [0.4, 0.5) is 13.2 Å². The number of hydrogen-bond donors (Lipinski definition) is 2. The Morgan fingerprint density at radius 2 is 2.05 bits per heavy atom. The molecule has 0 aliphatic carbocycles. The minimum absolute atomic E-state index is 0.0530. The summed E-state index contributed by atoms with van der Waals surface area (Å²) in [5.74, 6) is -3.19. The van der Waals surface area contributed by atoms with Crippen molar-refractivity contribution in [2.45, 2.75) is 12.1 Å². The van der Waals surface area contributed by atoms with Crippen LogP contribution in [0.15, 0.2) is 28.7 Å². The summed E-state index contributed by atoms with van der Waals surface area (Å²) < 4.78 is 42.1. The number of carboxylic acid groups (broad SMARTS) is 1. The Labute approximate surface area is 105 Å². The first-order valence-electron chi connectivity index (χ1n) is 5.36. The van der Waals surface area contributed by atoms with Crippen molar-refractivity contribution in [1.82, 2.24) is 0 Å². The molecule has 0 aliphatic rings. The van der Waals surface area contributed by atoms with Crippen LogP contribution in [0.5, 0.6) is 0 Å². The molecule has 3 N–H and O–H groups in total. The third-order valence-electron chi connectivity index (χ3n) is 2.76. The fourth-order valence-electron chi connectivity index (χ4n) is 1.80.